The van der Waals surface area contributed by atoms with Gasteiger partial charge in [0.1, 0.15) is 17.9 Å². The second kappa shape index (κ2) is 8.47. The van der Waals surface area contributed by atoms with Crippen molar-refractivity contribution in [2.75, 3.05) is 12.4 Å². The zero-order chi connectivity index (χ0) is 19.4. The minimum absolute atomic E-state index is 0.0000963. The Morgan fingerprint density at radius 1 is 1.22 bits per heavy atom. The lowest BCUT2D eigenvalue weighted by Gasteiger charge is -2.37. The Labute approximate surface area is 159 Å². The molecule has 0 aromatic carbocycles. The summed E-state index contributed by atoms with van der Waals surface area (Å²) in [5.41, 5.74) is -0.434. The average molecular weight is 398 g/mol. The third-order valence-corrected chi connectivity index (χ3v) is 5.10. The molecule has 0 bridgehead atoms. The number of halogens is 2. The summed E-state index contributed by atoms with van der Waals surface area (Å²) in [6.07, 6.45) is -2.27. The SMILES string of the molecule is CC(F)(F)c1cccc(O[C@H]2CO[C@H](CSc3ccccn3)[C@H](O)[C@@H]2O)n1. The van der Waals surface area contributed by atoms with Crippen molar-refractivity contribution in [2.45, 2.75) is 42.3 Å². The van der Waals surface area contributed by atoms with Crippen molar-refractivity contribution in [3.63, 3.8) is 0 Å². The number of alkyl halides is 2. The van der Waals surface area contributed by atoms with Gasteiger partial charge in [0.25, 0.3) is 5.92 Å². The van der Waals surface area contributed by atoms with Gasteiger partial charge in [-0.1, -0.05) is 12.1 Å². The second-order valence-corrected chi connectivity index (χ2v) is 7.28. The van der Waals surface area contributed by atoms with Crippen LogP contribution in [0.4, 0.5) is 8.78 Å². The molecule has 0 spiro atoms. The topological polar surface area (TPSA) is 84.7 Å². The Morgan fingerprint density at radius 3 is 2.74 bits per heavy atom. The van der Waals surface area contributed by atoms with E-state index in [1.165, 1.54) is 30.0 Å². The van der Waals surface area contributed by atoms with Crippen LogP contribution in [0.3, 0.4) is 0 Å². The Bertz CT molecular complexity index is 748. The highest BCUT2D eigenvalue weighted by Gasteiger charge is 2.40. The maximum absolute atomic E-state index is 13.4. The molecule has 2 aromatic heterocycles. The number of aliphatic hydroxyl groups excluding tert-OH is 2. The molecular weight excluding hydrogens is 378 g/mol. The predicted octanol–water partition coefficient (Wildman–Crippen LogP) is 2.25. The van der Waals surface area contributed by atoms with Crippen LogP contribution < -0.4 is 4.74 Å². The molecule has 0 unspecified atom stereocenters. The van der Waals surface area contributed by atoms with E-state index >= 15 is 0 Å². The molecule has 1 aliphatic rings. The molecule has 9 heteroatoms. The summed E-state index contributed by atoms with van der Waals surface area (Å²) in [4.78, 5) is 7.93. The van der Waals surface area contributed by atoms with Crippen LogP contribution in [0.5, 0.6) is 5.88 Å². The molecule has 4 atom stereocenters. The number of ether oxygens (including phenoxy) is 2. The molecule has 146 valence electrons. The fourth-order valence-electron chi connectivity index (χ4n) is 2.59. The summed E-state index contributed by atoms with van der Waals surface area (Å²) < 4.78 is 37.9. The standard InChI is InChI=1S/C18H20F2N2O4S/c1-18(19,20)13-5-4-6-14(22-13)26-11-9-25-12(17(24)16(11)23)10-27-15-7-2-3-8-21-15/h2-8,11-12,16-17,23-24H,9-10H2,1H3/t11-,12+,16+,17-/m0/s1. The molecule has 3 heterocycles. The Morgan fingerprint density at radius 2 is 2.04 bits per heavy atom. The van der Waals surface area contributed by atoms with Crippen LogP contribution >= 0.6 is 11.8 Å². The highest BCUT2D eigenvalue weighted by atomic mass is 32.2. The summed E-state index contributed by atoms with van der Waals surface area (Å²) in [7, 11) is 0. The molecule has 6 nitrogen and oxygen atoms in total. The zero-order valence-corrected chi connectivity index (χ0v) is 15.4. The Balaban J connectivity index is 1.59. The smallest absolute Gasteiger partial charge is 0.287 e. The fourth-order valence-corrected chi connectivity index (χ4v) is 3.52. The van der Waals surface area contributed by atoms with Gasteiger partial charge in [-0.2, -0.15) is 8.78 Å². The highest BCUT2D eigenvalue weighted by molar-refractivity contribution is 7.99. The molecule has 0 aliphatic carbocycles. The van der Waals surface area contributed by atoms with Crippen LogP contribution in [0.1, 0.15) is 12.6 Å². The van der Waals surface area contributed by atoms with Gasteiger partial charge in [0, 0.05) is 24.9 Å². The summed E-state index contributed by atoms with van der Waals surface area (Å²) in [5.74, 6) is -2.76. The van der Waals surface area contributed by atoms with Crippen molar-refractivity contribution in [1.29, 1.82) is 0 Å². The third kappa shape index (κ3) is 5.13. The van der Waals surface area contributed by atoms with Crippen LogP contribution in [0.15, 0.2) is 47.6 Å². The van der Waals surface area contributed by atoms with E-state index in [4.69, 9.17) is 9.47 Å². The summed E-state index contributed by atoms with van der Waals surface area (Å²) in [6.45, 7) is 0.741. The largest absolute Gasteiger partial charge is 0.469 e. The van der Waals surface area contributed by atoms with E-state index in [-0.39, 0.29) is 12.5 Å². The Hall–Kier alpha value is -1.81. The normalized spacial score (nSPS) is 26.0. The molecule has 27 heavy (non-hydrogen) atoms. The van der Waals surface area contributed by atoms with Gasteiger partial charge in [-0.15, -0.1) is 11.8 Å². The maximum atomic E-state index is 13.4. The van der Waals surface area contributed by atoms with E-state index in [1.54, 1.807) is 12.3 Å². The maximum Gasteiger partial charge on any atom is 0.287 e. The third-order valence-electron chi connectivity index (χ3n) is 4.06. The highest BCUT2D eigenvalue weighted by Crippen LogP contribution is 2.28. The minimum Gasteiger partial charge on any atom is -0.469 e. The predicted molar refractivity (Wildman–Crippen MR) is 94.9 cm³/mol. The molecule has 1 fully saturated rings. The minimum atomic E-state index is -3.10. The molecule has 0 radical (unpaired) electrons. The van der Waals surface area contributed by atoms with Crippen LogP contribution in [0.2, 0.25) is 0 Å². The van der Waals surface area contributed by atoms with Gasteiger partial charge < -0.3 is 19.7 Å². The van der Waals surface area contributed by atoms with Crippen LogP contribution in [0.25, 0.3) is 0 Å². The van der Waals surface area contributed by atoms with E-state index in [0.29, 0.717) is 5.75 Å². The van der Waals surface area contributed by atoms with Crippen molar-refractivity contribution < 1.29 is 28.5 Å². The summed E-state index contributed by atoms with van der Waals surface area (Å²) in [6, 6.07) is 9.50. The molecule has 3 rings (SSSR count). The molecule has 0 amide bonds. The number of thioether (sulfide) groups is 1. The molecule has 1 saturated heterocycles. The van der Waals surface area contributed by atoms with Gasteiger partial charge in [-0.25, -0.2) is 9.97 Å². The quantitative estimate of drug-likeness (QED) is 0.722. The molecule has 1 aliphatic heterocycles. The first kappa shape index (κ1) is 19.9. The van der Waals surface area contributed by atoms with Gasteiger partial charge in [-0.05, 0) is 18.2 Å². The first-order valence-electron chi connectivity index (χ1n) is 8.38. The number of rotatable bonds is 6. The van der Waals surface area contributed by atoms with Crippen LogP contribution in [-0.2, 0) is 10.7 Å². The number of pyridine rings is 2. The first-order chi connectivity index (χ1) is 12.8. The van der Waals surface area contributed by atoms with E-state index in [0.717, 1.165) is 11.9 Å². The first-order valence-corrected chi connectivity index (χ1v) is 9.37. The molecule has 2 N–H and O–H groups in total. The van der Waals surface area contributed by atoms with Gasteiger partial charge in [0.15, 0.2) is 6.10 Å². The lowest BCUT2D eigenvalue weighted by atomic mass is 10.0. The van der Waals surface area contributed by atoms with Crippen molar-refractivity contribution in [1.82, 2.24) is 9.97 Å². The van der Waals surface area contributed by atoms with Crippen molar-refractivity contribution in [3.8, 4) is 5.88 Å². The van der Waals surface area contributed by atoms with Gasteiger partial charge >= 0.3 is 0 Å². The number of nitrogens with zero attached hydrogens (tertiary/aromatic N) is 2. The van der Waals surface area contributed by atoms with E-state index in [2.05, 4.69) is 9.97 Å². The number of aromatic nitrogens is 2. The lowest BCUT2D eigenvalue weighted by molar-refractivity contribution is -0.173. The Kier molecular flexibility index (Phi) is 6.25. The van der Waals surface area contributed by atoms with Gasteiger partial charge in [0.2, 0.25) is 5.88 Å². The van der Waals surface area contributed by atoms with Crippen molar-refractivity contribution in [3.05, 3.63) is 48.3 Å². The van der Waals surface area contributed by atoms with E-state index in [1.807, 2.05) is 12.1 Å². The summed E-state index contributed by atoms with van der Waals surface area (Å²) in [5, 5.41) is 21.4. The fraction of sp³-hybridized carbons (Fsp3) is 0.444. The second-order valence-electron chi connectivity index (χ2n) is 6.24. The molecule has 2 aromatic rings. The van der Waals surface area contributed by atoms with Gasteiger partial charge in [-0.3, -0.25) is 0 Å². The van der Waals surface area contributed by atoms with E-state index in [9.17, 15) is 19.0 Å². The zero-order valence-electron chi connectivity index (χ0n) is 14.5. The van der Waals surface area contributed by atoms with Gasteiger partial charge in [0.05, 0.1) is 17.7 Å². The van der Waals surface area contributed by atoms with E-state index < -0.39 is 36.0 Å². The number of aliphatic hydroxyl groups is 2. The van der Waals surface area contributed by atoms with Crippen molar-refractivity contribution >= 4 is 11.8 Å². The van der Waals surface area contributed by atoms with Crippen molar-refractivity contribution in [2.24, 2.45) is 0 Å². The molecular formula is C18H20F2N2O4S. The average Bonchev–Trinajstić information content (AvgIpc) is 2.65. The molecule has 0 saturated carbocycles. The summed E-state index contributed by atoms with van der Waals surface area (Å²) >= 11 is 1.40. The van der Waals surface area contributed by atoms with Crippen LogP contribution in [-0.4, -0.2) is 57.0 Å². The number of hydrogen-bond acceptors (Lipinski definition) is 7. The van der Waals surface area contributed by atoms with Crippen LogP contribution in [0, 0.1) is 0 Å². The lowest BCUT2D eigenvalue weighted by Crippen LogP contribution is -2.55. The monoisotopic (exact) mass is 398 g/mol. The number of hydrogen-bond donors (Lipinski definition) is 2.